The highest BCUT2D eigenvalue weighted by Crippen LogP contribution is 2.31. The maximum absolute atomic E-state index is 12.4. The third-order valence-corrected chi connectivity index (χ3v) is 6.86. The summed E-state index contributed by atoms with van der Waals surface area (Å²) in [4.78, 5) is 36.7. The summed E-state index contributed by atoms with van der Waals surface area (Å²) < 4.78 is 5.56. The van der Waals surface area contributed by atoms with Gasteiger partial charge in [-0.2, -0.15) is 0 Å². The molecule has 0 aliphatic carbocycles. The molecule has 2 fully saturated rings. The molecule has 4 heterocycles. The van der Waals surface area contributed by atoms with Crippen molar-refractivity contribution in [2.45, 2.75) is 25.5 Å². The molecule has 4 N–H and O–H groups in total. The molecule has 0 spiro atoms. The topological polar surface area (TPSA) is 128 Å². The fourth-order valence-corrected chi connectivity index (χ4v) is 4.85. The smallest absolute Gasteiger partial charge is 0.323 e. The molecular weight excluding hydrogens is 484 g/mol. The number of amides is 1. The van der Waals surface area contributed by atoms with Gasteiger partial charge in [0, 0.05) is 54.7 Å². The first kappa shape index (κ1) is 26.2. The zero-order valence-corrected chi connectivity index (χ0v) is 21.6. The van der Waals surface area contributed by atoms with Crippen molar-refractivity contribution in [1.29, 1.82) is 0 Å². The van der Waals surface area contributed by atoms with Crippen LogP contribution >= 0.6 is 11.6 Å². The zero-order chi connectivity index (χ0) is 26.0. The second kappa shape index (κ2) is 10.6. The number of carbonyl (C=O) groups excluding carboxylic acids is 1. The van der Waals surface area contributed by atoms with Crippen molar-refractivity contribution in [3.05, 3.63) is 35.6 Å². The molecule has 2 aromatic heterocycles. The minimum atomic E-state index is -0.934. The fraction of sp³-hybridized carbons (Fsp3) is 0.480. The van der Waals surface area contributed by atoms with Crippen LogP contribution in [0.3, 0.4) is 0 Å². The number of piperazine rings is 1. The molecule has 1 unspecified atom stereocenters. The van der Waals surface area contributed by atoms with E-state index in [2.05, 4.69) is 14.9 Å². The van der Waals surface area contributed by atoms with Crippen molar-refractivity contribution in [1.82, 2.24) is 24.7 Å². The number of carboxylic acids is 1. The molecule has 1 atom stereocenters. The highest BCUT2D eigenvalue weighted by Gasteiger charge is 2.39. The van der Waals surface area contributed by atoms with E-state index >= 15 is 0 Å². The van der Waals surface area contributed by atoms with E-state index in [1.165, 1.54) is 0 Å². The molecule has 1 amide bonds. The van der Waals surface area contributed by atoms with Crippen molar-refractivity contribution in [3.8, 4) is 0 Å². The standard InChI is InChI=1S/C14H25N3O4.C11H8ClN3/c1-14(2)10-17(11(9-21-14)13(19)20)8-12(18)16-6-4-15(3)5-7-16;12-6-3-8-7-1-2-14-5-10(7)15-11(8)9(13)4-6/h11H,4-10H2,1-3H3,(H,19,20);1-5,15H,13H2. The molecule has 11 heteroatoms. The van der Waals surface area contributed by atoms with Gasteiger partial charge in [0.05, 0.1) is 41.7 Å². The van der Waals surface area contributed by atoms with E-state index in [1.54, 1.807) is 23.4 Å². The summed E-state index contributed by atoms with van der Waals surface area (Å²) in [5.74, 6) is -0.927. The maximum atomic E-state index is 12.4. The zero-order valence-electron chi connectivity index (χ0n) is 20.8. The molecule has 0 bridgehead atoms. The number of aliphatic carboxylic acids is 1. The third-order valence-electron chi connectivity index (χ3n) is 6.64. The quantitative estimate of drug-likeness (QED) is 0.452. The van der Waals surface area contributed by atoms with Gasteiger partial charge in [-0.25, -0.2) is 0 Å². The summed E-state index contributed by atoms with van der Waals surface area (Å²) in [6.07, 6.45) is 3.54. The van der Waals surface area contributed by atoms with Crippen LogP contribution in [0.25, 0.3) is 21.8 Å². The molecule has 0 saturated carbocycles. The lowest BCUT2D eigenvalue weighted by atomic mass is 10.0. The molecular formula is C25H33ClN6O4. The molecule has 0 radical (unpaired) electrons. The van der Waals surface area contributed by atoms with Gasteiger partial charge in [-0.05, 0) is 39.1 Å². The predicted molar refractivity (Wildman–Crippen MR) is 140 cm³/mol. The molecule has 3 aromatic rings. The lowest BCUT2D eigenvalue weighted by molar-refractivity contribution is -0.164. The van der Waals surface area contributed by atoms with Crippen LogP contribution in [-0.4, -0.2) is 106 Å². The van der Waals surface area contributed by atoms with Gasteiger partial charge in [-0.3, -0.25) is 19.5 Å². The Hall–Kier alpha value is -2.92. The van der Waals surface area contributed by atoms with Gasteiger partial charge >= 0.3 is 5.97 Å². The number of likely N-dealkylation sites (N-methyl/N-ethyl adjacent to an activating group) is 1. The van der Waals surface area contributed by atoms with Crippen LogP contribution in [0, 0.1) is 0 Å². The Bertz CT molecular complexity index is 1250. The number of fused-ring (bicyclic) bond motifs is 3. The normalized spacial score (nSPS) is 20.8. The molecule has 2 aliphatic heterocycles. The van der Waals surface area contributed by atoms with Gasteiger partial charge in [-0.15, -0.1) is 0 Å². The Labute approximate surface area is 214 Å². The Morgan fingerprint density at radius 3 is 2.67 bits per heavy atom. The summed E-state index contributed by atoms with van der Waals surface area (Å²) in [5, 5.41) is 12.1. The van der Waals surface area contributed by atoms with Gasteiger partial charge in [-0.1, -0.05) is 11.6 Å². The number of rotatable bonds is 3. The molecule has 5 rings (SSSR count). The Kier molecular flexibility index (Phi) is 7.70. The van der Waals surface area contributed by atoms with Gasteiger partial charge in [0.25, 0.3) is 0 Å². The first-order valence-electron chi connectivity index (χ1n) is 11.9. The molecule has 2 saturated heterocycles. The Balaban J connectivity index is 0.000000178. The van der Waals surface area contributed by atoms with Gasteiger partial charge in [0.1, 0.15) is 6.04 Å². The number of ether oxygens (including phenoxy) is 1. The van der Waals surface area contributed by atoms with Crippen molar-refractivity contribution in [3.63, 3.8) is 0 Å². The number of hydrogen-bond donors (Lipinski definition) is 3. The second-order valence-corrected chi connectivity index (χ2v) is 10.4. The number of halogens is 1. The fourth-order valence-electron chi connectivity index (χ4n) is 4.62. The predicted octanol–water partition coefficient (Wildman–Crippen LogP) is 2.28. The molecule has 10 nitrogen and oxygen atoms in total. The van der Waals surface area contributed by atoms with Crippen LogP contribution in [-0.2, 0) is 14.3 Å². The van der Waals surface area contributed by atoms with Crippen molar-refractivity contribution in [2.24, 2.45) is 0 Å². The lowest BCUT2D eigenvalue weighted by Crippen LogP contribution is -2.60. The van der Waals surface area contributed by atoms with Crippen molar-refractivity contribution < 1.29 is 19.4 Å². The maximum Gasteiger partial charge on any atom is 0.323 e. The number of aromatic amines is 1. The molecule has 194 valence electrons. The van der Waals surface area contributed by atoms with E-state index in [0.717, 1.165) is 34.9 Å². The van der Waals surface area contributed by atoms with E-state index in [0.29, 0.717) is 30.3 Å². The monoisotopic (exact) mass is 516 g/mol. The summed E-state index contributed by atoms with van der Waals surface area (Å²) in [5.41, 5.74) is 8.02. The van der Waals surface area contributed by atoms with Crippen molar-refractivity contribution >= 4 is 51.0 Å². The summed E-state index contributed by atoms with van der Waals surface area (Å²) >= 11 is 5.97. The van der Waals surface area contributed by atoms with Crippen LogP contribution in [0.5, 0.6) is 0 Å². The number of nitrogen functional groups attached to an aromatic ring is 1. The number of nitrogens with zero attached hydrogens (tertiary/aromatic N) is 4. The van der Waals surface area contributed by atoms with Crippen LogP contribution < -0.4 is 5.73 Å². The van der Waals surface area contributed by atoms with Crippen LogP contribution in [0.1, 0.15) is 13.8 Å². The second-order valence-electron chi connectivity index (χ2n) is 9.98. The molecule has 1 aromatic carbocycles. The number of benzene rings is 1. The number of pyridine rings is 1. The minimum absolute atomic E-state index is 0.00653. The van der Waals surface area contributed by atoms with Crippen molar-refractivity contribution in [2.75, 3.05) is 58.7 Å². The van der Waals surface area contributed by atoms with Crippen LogP contribution in [0.4, 0.5) is 5.69 Å². The SMILES string of the molecule is CN1CCN(C(=O)CN2CC(C)(C)OCC2C(=O)O)CC1.Nc1cc(Cl)cc2c1[nH]c1cnccc12. The van der Waals surface area contributed by atoms with Crippen LogP contribution in [0.2, 0.25) is 5.02 Å². The summed E-state index contributed by atoms with van der Waals surface area (Å²) in [7, 11) is 2.03. The first-order valence-corrected chi connectivity index (χ1v) is 12.3. The number of nitrogens with one attached hydrogen (secondary N) is 1. The van der Waals surface area contributed by atoms with E-state index in [1.807, 2.05) is 37.9 Å². The molecule has 2 aliphatic rings. The number of anilines is 1. The average molecular weight is 517 g/mol. The molecule has 36 heavy (non-hydrogen) atoms. The number of hydrogen-bond acceptors (Lipinski definition) is 7. The van der Waals surface area contributed by atoms with E-state index in [-0.39, 0.29) is 19.1 Å². The number of nitrogens with two attached hydrogens (primary N) is 1. The first-order chi connectivity index (χ1) is 17.0. The third kappa shape index (κ3) is 5.89. The summed E-state index contributed by atoms with van der Waals surface area (Å²) in [6, 6.07) is 4.86. The minimum Gasteiger partial charge on any atom is -0.480 e. The lowest BCUT2D eigenvalue weighted by Gasteiger charge is -2.42. The van der Waals surface area contributed by atoms with E-state index < -0.39 is 17.6 Å². The summed E-state index contributed by atoms with van der Waals surface area (Å²) in [6.45, 7) is 7.69. The Morgan fingerprint density at radius 2 is 1.97 bits per heavy atom. The number of aromatic nitrogens is 2. The highest BCUT2D eigenvalue weighted by molar-refractivity contribution is 6.32. The average Bonchev–Trinajstić information content (AvgIpc) is 3.18. The number of H-pyrrole nitrogens is 1. The van der Waals surface area contributed by atoms with E-state index in [9.17, 15) is 14.7 Å². The van der Waals surface area contributed by atoms with Crippen LogP contribution in [0.15, 0.2) is 30.6 Å². The number of carbonyl (C=O) groups is 2. The van der Waals surface area contributed by atoms with Gasteiger partial charge in [0.2, 0.25) is 5.91 Å². The highest BCUT2D eigenvalue weighted by atomic mass is 35.5. The Morgan fingerprint density at radius 1 is 1.25 bits per heavy atom. The van der Waals surface area contributed by atoms with Gasteiger partial charge < -0.3 is 30.4 Å². The number of morpholine rings is 1. The van der Waals surface area contributed by atoms with Gasteiger partial charge in [0.15, 0.2) is 0 Å². The van der Waals surface area contributed by atoms with E-state index in [4.69, 9.17) is 22.1 Å². The largest absolute Gasteiger partial charge is 0.480 e. The number of carboxylic acid groups (broad SMARTS) is 1.